The predicted octanol–water partition coefficient (Wildman–Crippen LogP) is 0.585. The monoisotopic (exact) mass is 672 g/mol. The van der Waals surface area contributed by atoms with E-state index in [0.29, 0.717) is 5.56 Å². The molecule has 10 heteroatoms. The number of amides is 3. The van der Waals surface area contributed by atoms with Crippen LogP contribution in [0.3, 0.4) is 0 Å². The van der Waals surface area contributed by atoms with Crippen molar-refractivity contribution in [2.45, 2.75) is 56.3 Å². The number of hydrogen-bond acceptors (Lipinski definition) is 6. The Hall–Kier alpha value is -3.09. The second-order valence-electron chi connectivity index (χ2n) is 10.2. The normalized spacial score (nSPS) is 22.4. The van der Waals surface area contributed by atoms with Crippen LogP contribution in [0.25, 0.3) is 0 Å². The second kappa shape index (κ2) is 11.4. The molecule has 2 fully saturated rings. The first-order chi connectivity index (χ1) is 19.1. The fraction of sp³-hybridized carbons (Fsp3) is 0.300. The van der Waals surface area contributed by atoms with Gasteiger partial charge in [-0.1, -0.05) is 0 Å². The zero-order valence-electron chi connectivity index (χ0n) is 22.3. The zero-order valence-corrected chi connectivity index (χ0v) is 25.3. The first-order valence-corrected chi connectivity index (χ1v) is 17.3. The Kier molecular flexibility index (Phi) is 8.12. The second-order valence-corrected chi connectivity index (χ2v) is 14.9. The number of aromatic hydroxyl groups is 1. The molecule has 2 aliphatic heterocycles. The Morgan fingerprint density at radius 3 is 2.38 bits per heavy atom. The predicted molar refractivity (Wildman–Crippen MR) is 149 cm³/mol. The third-order valence-corrected chi connectivity index (χ3v) is 14.1. The average Bonchev–Trinajstić information content (AvgIpc) is 3.26. The summed E-state index contributed by atoms with van der Waals surface area (Å²) < 4.78 is 1.55. The Morgan fingerprint density at radius 1 is 1.05 bits per heavy atom. The van der Waals surface area contributed by atoms with Crippen molar-refractivity contribution in [1.82, 2.24) is 13.3 Å². The first-order valence-electron chi connectivity index (χ1n) is 13.0. The Labute approximate surface area is 246 Å². The molecular weight excluding hydrogens is 641 g/mol. The van der Waals surface area contributed by atoms with Crippen LogP contribution in [0.4, 0.5) is 0 Å². The van der Waals surface area contributed by atoms with Crippen molar-refractivity contribution in [1.29, 1.82) is 0 Å². The molecule has 3 aromatic rings. The molecule has 2 aliphatic rings. The molecule has 0 spiro atoms. The van der Waals surface area contributed by atoms with Crippen LogP contribution in [0.1, 0.15) is 46.9 Å². The van der Waals surface area contributed by atoms with E-state index < -0.39 is 55.0 Å². The molecule has 3 N–H and O–H groups in total. The van der Waals surface area contributed by atoms with Crippen LogP contribution in [-0.2, 0) is 16.0 Å². The van der Waals surface area contributed by atoms with E-state index in [1.54, 1.807) is 31.1 Å². The number of phenolic OH excluding ortho intramolecular Hbond substituents is 1. The summed E-state index contributed by atoms with van der Waals surface area (Å²) in [6.45, 7) is 5.60. The summed E-state index contributed by atoms with van der Waals surface area (Å²) in [5.74, 6) is -1.20. The molecule has 5 rings (SSSR count). The molecule has 2 heterocycles. The third kappa shape index (κ3) is 5.08. The van der Waals surface area contributed by atoms with Crippen molar-refractivity contribution in [2.75, 3.05) is 0 Å². The number of fused-ring (bicyclic) bond motifs is 1. The number of carbonyl (C=O) groups excluding carboxylic acids is 3. The SMILES string of the molecule is Cc1c(O)cccc1C(=O)N[C@@H](Cc1ccccc1)[C@H](O)C(=O)N1[I-]SC2(C)[C@H]1C(=O)N2[C@H](C)c1ccccc1. The van der Waals surface area contributed by atoms with Crippen LogP contribution < -0.4 is 25.4 Å². The summed E-state index contributed by atoms with van der Waals surface area (Å²) in [4.78, 5) is 41.7. The van der Waals surface area contributed by atoms with Gasteiger partial charge in [-0.05, 0) is 0 Å². The number of β-lactam (4-membered cyclic amide) rings is 1. The van der Waals surface area contributed by atoms with Crippen LogP contribution in [-0.4, -0.2) is 59.0 Å². The quantitative estimate of drug-likeness (QED) is 0.184. The van der Waals surface area contributed by atoms with Crippen LogP contribution in [0.2, 0.25) is 0 Å². The van der Waals surface area contributed by atoms with Crippen molar-refractivity contribution in [3.05, 3.63) is 101 Å². The van der Waals surface area contributed by atoms with E-state index in [9.17, 15) is 24.6 Å². The fourth-order valence-corrected chi connectivity index (χ4v) is 12.0. The Morgan fingerprint density at radius 2 is 1.70 bits per heavy atom. The summed E-state index contributed by atoms with van der Waals surface area (Å²) >= 11 is -0.944. The molecule has 0 saturated carbocycles. The minimum absolute atomic E-state index is 0.0141. The molecule has 1 unspecified atom stereocenters. The molecular formula is C30H31IN3O5S-. The van der Waals surface area contributed by atoms with E-state index in [0.717, 1.165) is 11.1 Å². The minimum atomic E-state index is -1.56. The molecule has 0 radical (unpaired) electrons. The van der Waals surface area contributed by atoms with Crippen LogP contribution in [0, 0.1) is 6.92 Å². The number of carbonyl (C=O) groups is 3. The topological polar surface area (TPSA) is 110 Å². The molecule has 2 saturated heterocycles. The molecule has 8 nitrogen and oxygen atoms in total. The maximum atomic E-state index is 13.8. The number of nitrogens with one attached hydrogen (secondary N) is 1. The van der Waals surface area contributed by atoms with Crippen LogP contribution in [0.15, 0.2) is 78.9 Å². The van der Waals surface area contributed by atoms with Gasteiger partial charge < -0.3 is 0 Å². The van der Waals surface area contributed by atoms with Gasteiger partial charge in [0.2, 0.25) is 0 Å². The number of phenols is 1. The summed E-state index contributed by atoms with van der Waals surface area (Å²) in [5.41, 5.74) is 2.52. The van der Waals surface area contributed by atoms with Crippen molar-refractivity contribution in [3.63, 3.8) is 0 Å². The van der Waals surface area contributed by atoms with E-state index in [2.05, 4.69) is 5.32 Å². The van der Waals surface area contributed by atoms with Crippen molar-refractivity contribution >= 4 is 26.7 Å². The summed E-state index contributed by atoms with van der Waals surface area (Å²) in [6.07, 6.45) is -1.35. The van der Waals surface area contributed by atoms with Gasteiger partial charge in [0.1, 0.15) is 0 Å². The van der Waals surface area contributed by atoms with Gasteiger partial charge in [0.15, 0.2) is 0 Å². The number of halogens is 1. The number of benzene rings is 3. The average molecular weight is 673 g/mol. The summed E-state index contributed by atoms with van der Waals surface area (Å²) in [6, 6.07) is 22.0. The van der Waals surface area contributed by atoms with Crippen molar-refractivity contribution < 1.29 is 44.7 Å². The van der Waals surface area contributed by atoms with Gasteiger partial charge in [0.05, 0.1) is 0 Å². The molecule has 0 bridgehead atoms. The first kappa shape index (κ1) is 28.4. The Balaban J connectivity index is 1.36. The van der Waals surface area contributed by atoms with E-state index in [-0.39, 0.29) is 29.7 Å². The van der Waals surface area contributed by atoms with Gasteiger partial charge in [-0.25, -0.2) is 0 Å². The van der Waals surface area contributed by atoms with Gasteiger partial charge in [-0.15, -0.1) is 0 Å². The number of rotatable bonds is 8. The molecule has 3 amide bonds. The van der Waals surface area contributed by atoms with E-state index in [4.69, 9.17) is 0 Å². The van der Waals surface area contributed by atoms with Gasteiger partial charge in [-0.3, -0.25) is 0 Å². The number of aliphatic hydroxyl groups is 1. The van der Waals surface area contributed by atoms with E-state index in [1.165, 1.54) is 6.07 Å². The Bertz CT molecular complexity index is 1430. The summed E-state index contributed by atoms with van der Waals surface area (Å²) in [7, 11) is 1.61. The standard InChI is InChI=1S/C30H31IN3O5S/c1-18-22(15-10-16-24(18)35)27(37)32-23(17-20-11-6-4-7-12-20)25(36)28(38)34-26-29(39)33(30(26,3)40-31-34)19(2)21-13-8-5-9-14-21/h4-16,19,23,25-26,35-36H,17H2,1-3H3,(H,32,37)/q-1/t19-,23+,25+,26-,30?/m1/s1. The number of hydrogen-bond donors (Lipinski definition) is 3. The molecule has 40 heavy (non-hydrogen) atoms. The summed E-state index contributed by atoms with van der Waals surface area (Å²) in [5, 5.41) is 24.3. The van der Waals surface area contributed by atoms with Gasteiger partial charge in [-0.2, -0.15) is 0 Å². The molecule has 210 valence electrons. The van der Waals surface area contributed by atoms with Crippen LogP contribution in [0.5, 0.6) is 5.75 Å². The number of likely N-dealkylation sites (tertiary alicyclic amines) is 1. The number of aliphatic hydroxyl groups excluding tert-OH is 1. The van der Waals surface area contributed by atoms with E-state index >= 15 is 0 Å². The van der Waals surface area contributed by atoms with Crippen LogP contribution >= 0.6 is 8.93 Å². The maximum absolute atomic E-state index is 13.8. The van der Waals surface area contributed by atoms with Gasteiger partial charge >= 0.3 is 248 Å². The van der Waals surface area contributed by atoms with Gasteiger partial charge in [0, 0.05) is 0 Å². The molecule has 0 aromatic heterocycles. The van der Waals surface area contributed by atoms with Crippen molar-refractivity contribution in [3.8, 4) is 5.75 Å². The van der Waals surface area contributed by atoms with E-state index in [1.807, 2.05) is 79.4 Å². The molecule has 3 aromatic carbocycles. The number of nitrogens with zero attached hydrogens (tertiary/aromatic N) is 2. The van der Waals surface area contributed by atoms with Gasteiger partial charge in [0.25, 0.3) is 0 Å². The molecule has 0 aliphatic carbocycles. The third-order valence-electron chi connectivity index (χ3n) is 7.63. The van der Waals surface area contributed by atoms with Crippen molar-refractivity contribution in [2.24, 2.45) is 0 Å². The zero-order chi connectivity index (χ0) is 28.6. The molecule has 5 atom stereocenters. The fourth-order valence-electron chi connectivity index (χ4n) is 5.32.